The van der Waals surface area contributed by atoms with Gasteiger partial charge in [0.15, 0.2) is 5.82 Å². The van der Waals surface area contributed by atoms with Crippen LogP contribution >= 0.6 is 39.0 Å². The number of alkyl halides is 1. The predicted molar refractivity (Wildman–Crippen MR) is 66.2 cm³/mol. The molecule has 0 bridgehead atoms. The number of halogens is 2. The molecule has 0 atom stereocenters. The molecule has 0 unspecified atom stereocenters. The van der Waals surface area contributed by atoms with Crippen molar-refractivity contribution in [1.29, 1.82) is 0 Å². The molecule has 1 heterocycles. The van der Waals surface area contributed by atoms with Crippen LogP contribution in [0.3, 0.4) is 0 Å². The van der Waals surface area contributed by atoms with Crippen molar-refractivity contribution in [3.8, 4) is 0 Å². The maximum atomic E-state index is 13.7. The number of benzene rings is 1. The lowest BCUT2D eigenvalue weighted by Crippen LogP contribution is -1.77. The minimum Gasteiger partial charge on any atom is -0.204 e. The first-order valence-electron chi connectivity index (χ1n) is 4.07. The summed E-state index contributed by atoms with van der Waals surface area (Å²) >= 11 is 6.41. The molecule has 0 aliphatic rings. The van der Waals surface area contributed by atoms with E-state index in [1.165, 1.54) is 23.1 Å². The number of thiophene rings is 1. The van der Waals surface area contributed by atoms with Gasteiger partial charge in [0.25, 0.3) is 0 Å². The Bertz CT molecular complexity index is 464. The Morgan fingerprint density at radius 1 is 1.50 bits per heavy atom. The molecular formula is C10H8BrFS2. The van der Waals surface area contributed by atoms with Gasteiger partial charge < -0.3 is 0 Å². The lowest BCUT2D eigenvalue weighted by molar-refractivity contribution is 0.623. The van der Waals surface area contributed by atoms with Crippen molar-refractivity contribution in [2.75, 3.05) is 6.26 Å². The van der Waals surface area contributed by atoms with Crippen LogP contribution in [0.4, 0.5) is 4.39 Å². The summed E-state index contributed by atoms with van der Waals surface area (Å²) in [6.07, 6.45) is 1.90. The Balaban J connectivity index is 2.77. The van der Waals surface area contributed by atoms with E-state index in [-0.39, 0.29) is 5.82 Å². The third kappa shape index (κ3) is 1.59. The smallest absolute Gasteiger partial charge is 0.155 e. The van der Waals surface area contributed by atoms with Crippen LogP contribution in [0.15, 0.2) is 22.4 Å². The van der Waals surface area contributed by atoms with E-state index in [1.807, 2.05) is 24.5 Å². The zero-order chi connectivity index (χ0) is 10.1. The van der Waals surface area contributed by atoms with Gasteiger partial charge in [0.2, 0.25) is 0 Å². The fourth-order valence-electron chi connectivity index (χ4n) is 1.36. The highest BCUT2D eigenvalue weighted by Crippen LogP contribution is 2.37. The Morgan fingerprint density at radius 3 is 2.93 bits per heavy atom. The molecule has 0 spiro atoms. The van der Waals surface area contributed by atoms with Gasteiger partial charge in [-0.3, -0.25) is 0 Å². The topological polar surface area (TPSA) is 0 Å². The maximum absolute atomic E-state index is 13.7. The number of thioether (sulfide) groups is 1. The zero-order valence-electron chi connectivity index (χ0n) is 7.51. The van der Waals surface area contributed by atoms with Crippen LogP contribution in [-0.2, 0) is 5.33 Å². The largest absolute Gasteiger partial charge is 0.204 e. The van der Waals surface area contributed by atoms with Gasteiger partial charge >= 0.3 is 0 Å². The number of fused-ring (bicyclic) bond motifs is 1. The van der Waals surface area contributed by atoms with E-state index in [0.717, 1.165) is 25.2 Å². The van der Waals surface area contributed by atoms with Crippen molar-refractivity contribution >= 4 is 49.1 Å². The zero-order valence-corrected chi connectivity index (χ0v) is 10.7. The lowest BCUT2D eigenvalue weighted by Gasteiger charge is -1.95. The highest BCUT2D eigenvalue weighted by Gasteiger charge is 2.12. The van der Waals surface area contributed by atoms with Gasteiger partial charge in [-0.05, 0) is 11.8 Å². The van der Waals surface area contributed by atoms with Crippen molar-refractivity contribution in [2.45, 2.75) is 9.54 Å². The van der Waals surface area contributed by atoms with Crippen LogP contribution in [0, 0.1) is 5.82 Å². The van der Waals surface area contributed by atoms with E-state index < -0.39 is 0 Å². The minimum atomic E-state index is -0.0692. The fourth-order valence-corrected chi connectivity index (χ4v) is 3.81. The van der Waals surface area contributed by atoms with Crippen LogP contribution in [0.2, 0.25) is 0 Å². The summed E-state index contributed by atoms with van der Waals surface area (Å²) in [4.78, 5) is 0. The summed E-state index contributed by atoms with van der Waals surface area (Å²) in [5, 5.41) is 1.52. The molecule has 1 aromatic carbocycles. The van der Waals surface area contributed by atoms with Gasteiger partial charge in [-0.1, -0.05) is 34.1 Å². The second-order valence-corrected chi connectivity index (χ2v) is 5.49. The van der Waals surface area contributed by atoms with Crippen molar-refractivity contribution in [1.82, 2.24) is 0 Å². The van der Waals surface area contributed by atoms with Gasteiger partial charge in [-0.15, -0.1) is 23.1 Å². The molecule has 2 rings (SSSR count). The number of hydrogen-bond donors (Lipinski definition) is 0. The van der Waals surface area contributed by atoms with E-state index in [0.29, 0.717) is 0 Å². The monoisotopic (exact) mass is 290 g/mol. The summed E-state index contributed by atoms with van der Waals surface area (Å²) in [7, 11) is 0. The van der Waals surface area contributed by atoms with Gasteiger partial charge in [-0.25, -0.2) is 4.39 Å². The first kappa shape index (κ1) is 10.5. The van der Waals surface area contributed by atoms with Crippen LogP contribution in [0.1, 0.15) is 5.56 Å². The van der Waals surface area contributed by atoms with Gasteiger partial charge in [0.1, 0.15) is 0 Å². The van der Waals surface area contributed by atoms with Crippen molar-refractivity contribution in [3.63, 3.8) is 0 Å². The van der Waals surface area contributed by atoms with Crippen LogP contribution in [0.25, 0.3) is 10.1 Å². The van der Waals surface area contributed by atoms with Gasteiger partial charge in [0.05, 0.1) is 4.21 Å². The summed E-state index contributed by atoms with van der Waals surface area (Å²) in [5.74, 6) is -0.0692. The van der Waals surface area contributed by atoms with Crippen LogP contribution in [-0.4, -0.2) is 6.26 Å². The van der Waals surface area contributed by atoms with E-state index in [1.54, 1.807) is 0 Å². The Kier molecular flexibility index (Phi) is 3.14. The molecule has 0 saturated heterocycles. The first-order valence-corrected chi connectivity index (χ1v) is 7.24. The quantitative estimate of drug-likeness (QED) is 0.573. The second-order valence-electron chi connectivity index (χ2n) is 2.84. The summed E-state index contributed by atoms with van der Waals surface area (Å²) in [6, 6.07) is 5.77. The number of hydrogen-bond acceptors (Lipinski definition) is 2. The van der Waals surface area contributed by atoms with E-state index in [2.05, 4.69) is 15.9 Å². The standard InChI is InChI=1S/C10H8BrFS2/c1-13-10-8(12)7-4-2-3-6(5-11)9(7)14-10/h2-4H,5H2,1H3. The van der Waals surface area contributed by atoms with Crippen molar-refractivity contribution in [3.05, 3.63) is 29.6 Å². The van der Waals surface area contributed by atoms with E-state index in [9.17, 15) is 4.39 Å². The van der Waals surface area contributed by atoms with Crippen LogP contribution < -0.4 is 0 Å². The van der Waals surface area contributed by atoms with E-state index >= 15 is 0 Å². The maximum Gasteiger partial charge on any atom is 0.155 e. The first-order chi connectivity index (χ1) is 6.77. The van der Waals surface area contributed by atoms with Crippen molar-refractivity contribution in [2.24, 2.45) is 0 Å². The third-order valence-electron chi connectivity index (χ3n) is 2.04. The Labute approximate surface area is 98.6 Å². The fraction of sp³-hybridized carbons (Fsp3) is 0.200. The highest BCUT2D eigenvalue weighted by molar-refractivity contribution is 9.08. The summed E-state index contributed by atoms with van der Waals surface area (Å²) in [6.45, 7) is 0. The summed E-state index contributed by atoms with van der Waals surface area (Å²) < 4.78 is 15.6. The molecule has 0 amide bonds. The average Bonchev–Trinajstić information content (AvgIpc) is 2.55. The minimum absolute atomic E-state index is 0.0692. The van der Waals surface area contributed by atoms with E-state index in [4.69, 9.17) is 0 Å². The molecule has 0 N–H and O–H groups in total. The molecule has 0 saturated carbocycles. The number of rotatable bonds is 2. The molecule has 0 nitrogen and oxygen atoms in total. The summed E-state index contributed by atoms with van der Waals surface area (Å²) in [5.41, 5.74) is 1.16. The Hall–Kier alpha value is -0.0600. The normalized spacial score (nSPS) is 11.1. The predicted octanol–water partition coefficient (Wildman–Crippen LogP) is 4.66. The SMILES string of the molecule is CSc1sc2c(CBr)cccc2c1F. The molecule has 14 heavy (non-hydrogen) atoms. The third-order valence-corrected chi connectivity index (χ3v) is 4.99. The average molecular weight is 291 g/mol. The lowest BCUT2D eigenvalue weighted by atomic mass is 10.2. The molecule has 0 radical (unpaired) electrons. The molecule has 2 aromatic rings. The molecule has 0 aliphatic heterocycles. The van der Waals surface area contributed by atoms with Crippen molar-refractivity contribution < 1.29 is 4.39 Å². The highest BCUT2D eigenvalue weighted by atomic mass is 79.9. The molecule has 1 aromatic heterocycles. The molecule has 4 heteroatoms. The van der Waals surface area contributed by atoms with Gasteiger partial charge in [0, 0.05) is 15.4 Å². The molecular weight excluding hydrogens is 283 g/mol. The second kappa shape index (κ2) is 4.21. The molecule has 74 valence electrons. The molecule has 0 aliphatic carbocycles. The van der Waals surface area contributed by atoms with Crippen LogP contribution in [0.5, 0.6) is 0 Å². The Morgan fingerprint density at radius 2 is 2.29 bits per heavy atom. The van der Waals surface area contributed by atoms with Gasteiger partial charge in [-0.2, -0.15) is 0 Å². The molecule has 0 fully saturated rings.